The van der Waals surface area contributed by atoms with Gasteiger partial charge in [-0.15, -0.1) is 12.4 Å². The number of halogens is 1. The summed E-state index contributed by atoms with van der Waals surface area (Å²) in [6.07, 6.45) is 0. The molecular formula is C27H30ClN3O3S. The Morgan fingerprint density at radius 1 is 0.886 bits per heavy atom. The molecule has 0 fully saturated rings. The van der Waals surface area contributed by atoms with Crippen molar-refractivity contribution in [2.75, 3.05) is 38.2 Å². The van der Waals surface area contributed by atoms with Crippen LogP contribution in [0.3, 0.4) is 0 Å². The van der Waals surface area contributed by atoms with Crippen LogP contribution in [0, 0.1) is 0 Å². The smallest absolute Gasteiger partial charge is 0.260 e. The van der Waals surface area contributed by atoms with Crippen LogP contribution < -0.4 is 14.4 Å². The quantitative estimate of drug-likeness (QED) is 0.243. The van der Waals surface area contributed by atoms with E-state index in [-0.39, 0.29) is 18.3 Å². The minimum atomic E-state index is -0.0792. The van der Waals surface area contributed by atoms with E-state index in [0.29, 0.717) is 23.0 Å². The van der Waals surface area contributed by atoms with Gasteiger partial charge in [0.2, 0.25) is 0 Å². The first-order chi connectivity index (χ1) is 16.6. The number of ether oxygens (including phenoxy) is 2. The molecular weight excluding hydrogens is 482 g/mol. The Morgan fingerprint density at radius 2 is 1.54 bits per heavy atom. The summed E-state index contributed by atoms with van der Waals surface area (Å²) < 4.78 is 12.2. The van der Waals surface area contributed by atoms with Gasteiger partial charge in [-0.05, 0) is 67.7 Å². The third-order valence-corrected chi connectivity index (χ3v) is 6.72. The average molecular weight is 512 g/mol. The maximum Gasteiger partial charge on any atom is 0.260 e. The number of nitrogens with zero attached hydrogens (tertiary/aromatic N) is 3. The first kappa shape index (κ1) is 26.5. The number of likely N-dealkylation sites (N-methyl/N-ethyl adjacent to an activating group) is 1. The number of carbonyl (C=O) groups is 1. The second-order valence-electron chi connectivity index (χ2n) is 7.75. The Labute approximate surface area is 216 Å². The van der Waals surface area contributed by atoms with Gasteiger partial charge >= 0.3 is 0 Å². The topological polar surface area (TPSA) is 54.9 Å². The molecule has 0 atom stereocenters. The van der Waals surface area contributed by atoms with E-state index in [2.05, 4.69) is 18.7 Å². The van der Waals surface area contributed by atoms with Crippen LogP contribution in [0.1, 0.15) is 24.2 Å². The zero-order valence-electron chi connectivity index (χ0n) is 20.1. The number of anilines is 1. The number of para-hydroxylation sites is 1. The van der Waals surface area contributed by atoms with Crippen molar-refractivity contribution in [3.05, 3.63) is 78.4 Å². The number of hydrogen-bond donors (Lipinski definition) is 0. The maximum absolute atomic E-state index is 13.6. The molecule has 0 N–H and O–H groups in total. The molecule has 6 nitrogen and oxygen atoms in total. The van der Waals surface area contributed by atoms with Crippen molar-refractivity contribution in [2.24, 2.45) is 0 Å². The Balaban J connectivity index is 0.00000342. The van der Waals surface area contributed by atoms with Gasteiger partial charge in [0.1, 0.15) is 17.2 Å². The van der Waals surface area contributed by atoms with E-state index in [9.17, 15) is 4.79 Å². The van der Waals surface area contributed by atoms with Crippen LogP contribution >= 0.6 is 23.7 Å². The molecule has 1 heterocycles. The lowest BCUT2D eigenvalue weighted by Gasteiger charge is -2.24. The molecule has 0 saturated carbocycles. The lowest BCUT2D eigenvalue weighted by Crippen LogP contribution is -2.38. The minimum Gasteiger partial charge on any atom is -0.497 e. The zero-order valence-corrected chi connectivity index (χ0v) is 21.8. The lowest BCUT2D eigenvalue weighted by atomic mass is 10.2. The molecule has 0 saturated heterocycles. The third kappa shape index (κ3) is 6.51. The second-order valence-corrected chi connectivity index (χ2v) is 8.76. The van der Waals surface area contributed by atoms with Crippen molar-refractivity contribution in [3.8, 4) is 17.2 Å². The third-order valence-electron chi connectivity index (χ3n) is 5.67. The predicted octanol–water partition coefficient (Wildman–Crippen LogP) is 6.51. The summed E-state index contributed by atoms with van der Waals surface area (Å²) in [6.45, 7) is 7.45. The fourth-order valence-electron chi connectivity index (χ4n) is 3.65. The number of amides is 1. The van der Waals surface area contributed by atoms with Gasteiger partial charge in [-0.25, -0.2) is 4.98 Å². The first-order valence-corrected chi connectivity index (χ1v) is 12.2. The molecule has 4 aromatic rings. The molecule has 0 aliphatic rings. The van der Waals surface area contributed by atoms with Crippen molar-refractivity contribution in [2.45, 2.75) is 13.8 Å². The fourth-order valence-corrected chi connectivity index (χ4v) is 4.66. The lowest BCUT2D eigenvalue weighted by molar-refractivity contribution is 0.0984. The number of methoxy groups -OCH3 is 1. The summed E-state index contributed by atoms with van der Waals surface area (Å²) in [5.41, 5.74) is 1.45. The normalized spacial score (nSPS) is 10.7. The van der Waals surface area contributed by atoms with Crippen LogP contribution in [0.5, 0.6) is 17.2 Å². The Kier molecular flexibility index (Phi) is 9.48. The molecule has 35 heavy (non-hydrogen) atoms. The predicted molar refractivity (Wildman–Crippen MR) is 146 cm³/mol. The summed E-state index contributed by atoms with van der Waals surface area (Å²) in [4.78, 5) is 22.5. The molecule has 0 radical (unpaired) electrons. The summed E-state index contributed by atoms with van der Waals surface area (Å²) >= 11 is 1.50. The number of hydrogen-bond acceptors (Lipinski definition) is 6. The van der Waals surface area contributed by atoms with Gasteiger partial charge in [-0.3, -0.25) is 9.69 Å². The Morgan fingerprint density at radius 3 is 2.20 bits per heavy atom. The summed E-state index contributed by atoms with van der Waals surface area (Å²) in [5.74, 6) is 2.14. The van der Waals surface area contributed by atoms with E-state index in [4.69, 9.17) is 14.5 Å². The van der Waals surface area contributed by atoms with Gasteiger partial charge in [0.15, 0.2) is 5.13 Å². The molecule has 1 amide bonds. The highest BCUT2D eigenvalue weighted by molar-refractivity contribution is 7.22. The first-order valence-electron chi connectivity index (χ1n) is 11.4. The summed E-state index contributed by atoms with van der Waals surface area (Å²) in [7, 11) is 1.65. The minimum absolute atomic E-state index is 0. The molecule has 0 unspecified atom stereocenters. The highest BCUT2D eigenvalue weighted by Crippen LogP contribution is 2.32. The van der Waals surface area contributed by atoms with Gasteiger partial charge in [-0.2, -0.15) is 0 Å². The van der Waals surface area contributed by atoms with Crippen molar-refractivity contribution in [3.63, 3.8) is 0 Å². The van der Waals surface area contributed by atoms with Crippen LogP contribution in [-0.4, -0.2) is 49.1 Å². The van der Waals surface area contributed by atoms with Crippen LogP contribution in [0.2, 0.25) is 0 Å². The van der Waals surface area contributed by atoms with Gasteiger partial charge in [0, 0.05) is 18.7 Å². The molecule has 8 heteroatoms. The Bertz CT molecular complexity index is 1230. The van der Waals surface area contributed by atoms with Crippen molar-refractivity contribution < 1.29 is 14.3 Å². The van der Waals surface area contributed by atoms with E-state index in [1.165, 1.54) is 11.3 Å². The van der Waals surface area contributed by atoms with Gasteiger partial charge in [0.05, 0.1) is 17.3 Å². The highest BCUT2D eigenvalue weighted by atomic mass is 35.5. The van der Waals surface area contributed by atoms with E-state index in [0.717, 1.165) is 41.3 Å². The number of benzene rings is 3. The van der Waals surface area contributed by atoms with E-state index >= 15 is 0 Å². The number of rotatable bonds is 10. The number of aromatic nitrogens is 1. The van der Waals surface area contributed by atoms with Gasteiger partial charge in [0.25, 0.3) is 5.91 Å². The monoisotopic (exact) mass is 511 g/mol. The summed E-state index contributed by atoms with van der Waals surface area (Å²) in [5, 5.41) is 0.685. The van der Waals surface area contributed by atoms with Crippen LogP contribution in [0.15, 0.2) is 72.8 Å². The maximum atomic E-state index is 13.6. The molecule has 0 spiro atoms. The molecule has 4 rings (SSSR count). The molecule has 3 aromatic carbocycles. The van der Waals surface area contributed by atoms with Crippen LogP contribution in [0.25, 0.3) is 10.2 Å². The summed E-state index contributed by atoms with van der Waals surface area (Å²) in [6, 6.07) is 22.6. The average Bonchev–Trinajstić information content (AvgIpc) is 3.30. The van der Waals surface area contributed by atoms with Crippen molar-refractivity contribution in [1.82, 2.24) is 9.88 Å². The zero-order chi connectivity index (χ0) is 23.9. The van der Waals surface area contributed by atoms with Crippen LogP contribution in [-0.2, 0) is 0 Å². The molecule has 0 aliphatic heterocycles. The molecule has 184 valence electrons. The number of carbonyl (C=O) groups excluding carboxylic acids is 1. The van der Waals surface area contributed by atoms with Crippen LogP contribution in [0.4, 0.5) is 5.13 Å². The second kappa shape index (κ2) is 12.5. The van der Waals surface area contributed by atoms with Crippen molar-refractivity contribution >= 4 is 45.0 Å². The largest absolute Gasteiger partial charge is 0.497 e. The van der Waals surface area contributed by atoms with E-state index in [1.807, 2.05) is 60.7 Å². The van der Waals surface area contributed by atoms with Gasteiger partial charge < -0.3 is 14.4 Å². The molecule has 1 aromatic heterocycles. The SMILES string of the molecule is CCN(CC)CCN(C(=O)c1ccc(Oc2ccccc2)cc1)c1nc2ccc(OC)cc2s1.Cl. The van der Waals surface area contributed by atoms with E-state index < -0.39 is 0 Å². The molecule has 0 aliphatic carbocycles. The number of fused-ring (bicyclic) bond motifs is 1. The van der Waals surface area contributed by atoms with E-state index in [1.54, 1.807) is 24.1 Å². The fraction of sp³-hybridized carbons (Fsp3) is 0.259. The molecule has 0 bridgehead atoms. The number of thiazole rings is 1. The van der Waals surface area contributed by atoms with Gasteiger partial charge in [-0.1, -0.05) is 43.4 Å². The Hall–Kier alpha value is -3.13. The standard InChI is InChI=1S/C27H29N3O3S.ClH/c1-4-29(5-2)17-18-30(27-28-24-16-15-23(32-3)19-25(24)34-27)26(31)20-11-13-22(14-12-20)33-21-9-7-6-8-10-21;/h6-16,19H,4-5,17-18H2,1-3H3;1H. The van der Waals surface area contributed by atoms with Crippen molar-refractivity contribution in [1.29, 1.82) is 0 Å². The highest BCUT2D eigenvalue weighted by Gasteiger charge is 2.22.